The molecule has 0 fully saturated rings. The van der Waals surface area contributed by atoms with E-state index in [1.165, 1.54) is 14.2 Å². The Morgan fingerprint density at radius 2 is 1.37 bits per heavy atom. The smallest absolute Gasteiger partial charge is 0.414 e. The molecule has 2 atom stereocenters. The fourth-order valence-electron chi connectivity index (χ4n) is 5.76. The zero-order chi connectivity index (χ0) is 36.0. The molecule has 0 aromatic heterocycles. The SMILES string of the molecule is COC(=O)Nc1ccc([C@@H](CCNCC(O)c2ccc(OCc3ccccc3)c(N)c2)c2ccc(N(Cc3ccccc3)C(=O)OC)cc2)cc1. The van der Waals surface area contributed by atoms with Gasteiger partial charge in [-0.3, -0.25) is 10.2 Å². The predicted molar refractivity (Wildman–Crippen MR) is 200 cm³/mol. The molecule has 5 aromatic carbocycles. The summed E-state index contributed by atoms with van der Waals surface area (Å²) in [5.74, 6) is 0.535. The summed E-state index contributed by atoms with van der Waals surface area (Å²) in [4.78, 5) is 26.1. The van der Waals surface area contributed by atoms with Crippen LogP contribution in [0.5, 0.6) is 5.75 Å². The zero-order valence-corrected chi connectivity index (χ0v) is 28.8. The molecule has 264 valence electrons. The average Bonchev–Trinajstić information content (AvgIpc) is 3.17. The number of anilines is 3. The highest BCUT2D eigenvalue weighted by atomic mass is 16.5. The minimum Gasteiger partial charge on any atom is -0.487 e. The Morgan fingerprint density at radius 3 is 1.98 bits per heavy atom. The molecule has 0 aliphatic rings. The minimum atomic E-state index is -0.772. The lowest BCUT2D eigenvalue weighted by molar-refractivity contribution is 0.174. The number of methoxy groups -OCH3 is 2. The molecule has 0 aliphatic carbocycles. The van der Waals surface area contributed by atoms with E-state index in [-0.39, 0.29) is 5.92 Å². The van der Waals surface area contributed by atoms with Gasteiger partial charge in [-0.1, -0.05) is 91.0 Å². The maximum absolute atomic E-state index is 12.8. The normalized spacial score (nSPS) is 12.0. The van der Waals surface area contributed by atoms with E-state index in [0.717, 1.165) is 22.3 Å². The summed E-state index contributed by atoms with van der Waals surface area (Å²) in [5.41, 5.74) is 12.9. The molecule has 51 heavy (non-hydrogen) atoms. The van der Waals surface area contributed by atoms with Gasteiger partial charge in [-0.2, -0.15) is 0 Å². The summed E-state index contributed by atoms with van der Waals surface area (Å²) >= 11 is 0. The fraction of sp³-hybridized carbons (Fsp3) is 0.220. The van der Waals surface area contributed by atoms with Crippen LogP contribution in [0.3, 0.4) is 0 Å². The summed E-state index contributed by atoms with van der Waals surface area (Å²) in [7, 11) is 2.69. The number of hydrogen-bond acceptors (Lipinski definition) is 8. The van der Waals surface area contributed by atoms with Crippen molar-refractivity contribution in [1.29, 1.82) is 0 Å². The molecule has 0 spiro atoms. The molecule has 0 saturated carbocycles. The fourth-order valence-corrected chi connectivity index (χ4v) is 5.76. The molecule has 0 radical (unpaired) electrons. The van der Waals surface area contributed by atoms with Crippen LogP contribution in [-0.4, -0.2) is 44.6 Å². The van der Waals surface area contributed by atoms with E-state index >= 15 is 0 Å². The lowest BCUT2D eigenvalue weighted by atomic mass is 9.88. The van der Waals surface area contributed by atoms with Crippen molar-refractivity contribution in [2.24, 2.45) is 0 Å². The lowest BCUT2D eigenvalue weighted by Crippen LogP contribution is -2.30. The van der Waals surface area contributed by atoms with Crippen molar-refractivity contribution in [2.45, 2.75) is 31.6 Å². The molecular formula is C41H44N4O6. The van der Waals surface area contributed by atoms with Crippen LogP contribution in [0.2, 0.25) is 0 Å². The number of aliphatic hydroxyl groups excluding tert-OH is 1. The average molecular weight is 689 g/mol. The Morgan fingerprint density at radius 1 is 0.765 bits per heavy atom. The van der Waals surface area contributed by atoms with Crippen molar-refractivity contribution >= 4 is 29.2 Å². The number of rotatable bonds is 15. The topological polar surface area (TPSA) is 135 Å². The zero-order valence-electron chi connectivity index (χ0n) is 28.8. The lowest BCUT2D eigenvalue weighted by Gasteiger charge is -2.23. The molecule has 0 aliphatic heterocycles. The number of aliphatic hydroxyl groups is 1. The van der Waals surface area contributed by atoms with Gasteiger partial charge in [-0.25, -0.2) is 9.59 Å². The van der Waals surface area contributed by atoms with Crippen LogP contribution in [0.4, 0.5) is 26.7 Å². The van der Waals surface area contributed by atoms with Crippen molar-refractivity contribution in [2.75, 3.05) is 43.3 Å². The molecule has 1 unspecified atom stereocenters. The molecule has 2 amide bonds. The highest BCUT2D eigenvalue weighted by molar-refractivity contribution is 5.87. The molecule has 5 rings (SSSR count). The van der Waals surface area contributed by atoms with Crippen molar-refractivity contribution in [3.8, 4) is 5.75 Å². The third-order valence-corrected chi connectivity index (χ3v) is 8.53. The number of hydrogen-bond donors (Lipinski definition) is 4. The maximum Gasteiger partial charge on any atom is 0.414 e. The standard InChI is InChI=1S/C41H44N4O6/c1-49-40(47)44-34-18-13-31(14-19-34)36(32-15-20-35(21-16-32)45(41(48)50-2)27-29-9-5-3-6-10-29)23-24-43-26-38(46)33-17-22-39(37(42)25-33)51-28-30-11-7-4-8-12-30/h3-22,25,36,38,43,46H,23-24,26-28,42H2,1-2H3,(H,44,47)/t36-,38?/m1/s1. The first-order valence-electron chi connectivity index (χ1n) is 16.7. The number of amides is 2. The summed E-state index contributed by atoms with van der Waals surface area (Å²) < 4.78 is 15.7. The van der Waals surface area contributed by atoms with Crippen LogP contribution in [0, 0.1) is 0 Å². The summed E-state index contributed by atoms with van der Waals surface area (Å²) in [5, 5.41) is 17.1. The molecule has 10 nitrogen and oxygen atoms in total. The number of carbonyl (C=O) groups excluding carboxylic acids is 2. The molecular weight excluding hydrogens is 644 g/mol. The Bertz CT molecular complexity index is 1840. The molecule has 5 aromatic rings. The van der Waals surface area contributed by atoms with Gasteiger partial charge in [0.05, 0.1) is 32.6 Å². The first-order valence-corrected chi connectivity index (χ1v) is 16.7. The van der Waals surface area contributed by atoms with E-state index < -0.39 is 18.3 Å². The maximum atomic E-state index is 12.8. The number of benzene rings is 5. The summed E-state index contributed by atoms with van der Waals surface area (Å²) in [6.45, 7) is 1.69. The Balaban J connectivity index is 1.26. The number of nitrogens with two attached hydrogens (primary N) is 1. The van der Waals surface area contributed by atoms with Gasteiger partial charge in [-0.15, -0.1) is 0 Å². The van der Waals surface area contributed by atoms with Crippen molar-refractivity contribution in [3.63, 3.8) is 0 Å². The molecule has 0 heterocycles. The van der Waals surface area contributed by atoms with Gasteiger partial charge in [0.15, 0.2) is 0 Å². The minimum absolute atomic E-state index is 0.0340. The number of ether oxygens (including phenoxy) is 3. The van der Waals surface area contributed by atoms with E-state index in [1.54, 1.807) is 17.0 Å². The second kappa shape index (κ2) is 18.2. The largest absolute Gasteiger partial charge is 0.487 e. The van der Waals surface area contributed by atoms with Gasteiger partial charge in [0.1, 0.15) is 12.4 Å². The van der Waals surface area contributed by atoms with Crippen LogP contribution in [0.1, 0.15) is 46.3 Å². The Kier molecular flexibility index (Phi) is 13.0. The monoisotopic (exact) mass is 688 g/mol. The van der Waals surface area contributed by atoms with Crippen LogP contribution in [0.25, 0.3) is 0 Å². The molecule has 0 saturated heterocycles. The second-order valence-corrected chi connectivity index (χ2v) is 12.0. The van der Waals surface area contributed by atoms with Gasteiger partial charge in [0.2, 0.25) is 0 Å². The van der Waals surface area contributed by atoms with Gasteiger partial charge < -0.3 is 30.4 Å². The van der Waals surface area contributed by atoms with Crippen molar-refractivity contribution in [3.05, 3.63) is 155 Å². The van der Waals surface area contributed by atoms with E-state index in [2.05, 4.69) is 10.6 Å². The number of nitrogens with zero attached hydrogens (tertiary/aromatic N) is 1. The third kappa shape index (κ3) is 10.3. The van der Waals surface area contributed by atoms with Crippen LogP contribution in [0.15, 0.2) is 127 Å². The highest BCUT2D eigenvalue weighted by Gasteiger charge is 2.20. The van der Waals surface area contributed by atoms with Crippen molar-refractivity contribution < 1.29 is 28.9 Å². The molecule has 0 bridgehead atoms. The first-order chi connectivity index (χ1) is 24.8. The number of nitrogens with one attached hydrogen (secondary N) is 2. The third-order valence-electron chi connectivity index (χ3n) is 8.53. The van der Waals surface area contributed by atoms with Gasteiger partial charge in [0, 0.05) is 23.8 Å². The van der Waals surface area contributed by atoms with E-state index in [0.29, 0.717) is 61.0 Å². The Hall–Kier alpha value is -5.84. The first kappa shape index (κ1) is 36.4. The van der Waals surface area contributed by atoms with Gasteiger partial charge >= 0.3 is 12.2 Å². The summed E-state index contributed by atoms with van der Waals surface area (Å²) in [6, 6.07) is 40.4. The van der Waals surface area contributed by atoms with Crippen LogP contribution >= 0.6 is 0 Å². The quantitative estimate of drug-likeness (QED) is 0.0651. The number of nitrogen functional groups attached to an aromatic ring is 1. The predicted octanol–water partition coefficient (Wildman–Crippen LogP) is 7.64. The van der Waals surface area contributed by atoms with E-state index in [9.17, 15) is 14.7 Å². The second-order valence-electron chi connectivity index (χ2n) is 12.0. The van der Waals surface area contributed by atoms with E-state index in [4.69, 9.17) is 19.9 Å². The van der Waals surface area contributed by atoms with Gasteiger partial charge in [0.25, 0.3) is 0 Å². The van der Waals surface area contributed by atoms with Crippen molar-refractivity contribution in [1.82, 2.24) is 5.32 Å². The highest BCUT2D eigenvalue weighted by Crippen LogP contribution is 2.31. The van der Waals surface area contributed by atoms with Crippen LogP contribution < -0.4 is 26.0 Å². The molecule has 10 heteroatoms. The van der Waals surface area contributed by atoms with E-state index in [1.807, 2.05) is 115 Å². The summed E-state index contributed by atoms with van der Waals surface area (Å²) in [6.07, 6.45) is -1.06. The Labute approximate surface area is 298 Å². The molecule has 5 N–H and O–H groups in total. The van der Waals surface area contributed by atoms with Gasteiger partial charge in [-0.05, 0) is 77.2 Å². The number of carbonyl (C=O) groups is 2. The van der Waals surface area contributed by atoms with Crippen LogP contribution in [-0.2, 0) is 22.6 Å².